The van der Waals surface area contributed by atoms with Crippen molar-refractivity contribution in [2.24, 2.45) is 0 Å². The van der Waals surface area contributed by atoms with Gasteiger partial charge in [0.2, 0.25) is 5.91 Å². The third kappa shape index (κ3) is 4.19. The maximum Gasteiger partial charge on any atom is 0.250 e. The molecule has 0 aliphatic rings. The van der Waals surface area contributed by atoms with Gasteiger partial charge in [-0.1, -0.05) is 6.92 Å². The fraction of sp³-hybridized carbons (Fsp3) is 0.357. The van der Waals surface area contributed by atoms with E-state index in [0.29, 0.717) is 5.76 Å². The van der Waals surface area contributed by atoms with Gasteiger partial charge in [-0.05, 0) is 37.6 Å². The van der Waals surface area contributed by atoms with E-state index in [1.165, 1.54) is 24.5 Å². The topological polar surface area (TPSA) is 88.4 Å². The van der Waals surface area contributed by atoms with E-state index in [4.69, 9.17) is 4.42 Å². The molecule has 0 saturated carbocycles. The molecule has 0 saturated heterocycles. The van der Waals surface area contributed by atoms with Gasteiger partial charge < -0.3 is 9.73 Å². The Hall–Kier alpha value is -1.64. The SMILES string of the molecule is CCc1ccc(S(=O)(=O)N[C@@H](C)C(=O)NCc2ccco2)s1. The summed E-state index contributed by atoms with van der Waals surface area (Å²) < 4.78 is 32.1. The Balaban J connectivity index is 1.94. The quantitative estimate of drug-likeness (QED) is 0.804. The second kappa shape index (κ2) is 7.08. The predicted molar refractivity (Wildman–Crippen MR) is 84.0 cm³/mol. The minimum atomic E-state index is -3.68. The molecule has 0 spiro atoms. The van der Waals surface area contributed by atoms with Crippen LogP contribution in [-0.2, 0) is 27.8 Å². The highest BCUT2D eigenvalue weighted by Crippen LogP contribution is 2.21. The van der Waals surface area contributed by atoms with Crippen LogP contribution in [0.1, 0.15) is 24.5 Å². The molecule has 120 valence electrons. The van der Waals surface area contributed by atoms with Gasteiger partial charge in [-0.3, -0.25) is 4.79 Å². The lowest BCUT2D eigenvalue weighted by atomic mass is 10.3. The Morgan fingerprint density at radius 2 is 2.14 bits per heavy atom. The maximum atomic E-state index is 12.2. The number of aryl methyl sites for hydroxylation is 1. The molecule has 2 rings (SSSR count). The van der Waals surface area contributed by atoms with Gasteiger partial charge in [0, 0.05) is 4.88 Å². The Morgan fingerprint density at radius 3 is 2.73 bits per heavy atom. The van der Waals surface area contributed by atoms with Crippen molar-refractivity contribution in [1.29, 1.82) is 0 Å². The van der Waals surface area contributed by atoms with Gasteiger partial charge in [-0.25, -0.2) is 8.42 Å². The lowest BCUT2D eigenvalue weighted by molar-refractivity contribution is -0.122. The van der Waals surface area contributed by atoms with E-state index in [1.54, 1.807) is 24.3 Å². The fourth-order valence-corrected chi connectivity index (χ4v) is 4.29. The zero-order valence-corrected chi connectivity index (χ0v) is 14.0. The van der Waals surface area contributed by atoms with Gasteiger partial charge >= 0.3 is 0 Å². The summed E-state index contributed by atoms with van der Waals surface area (Å²) in [6.07, 6.45) is 2.29. The molecule has 0 bridgehead atoms. The van der Waals surface area contributed by atoms with Crippen LogP contribution in [0.5, 0.6) is 0 Å². The van der Waals surface area contributed by atoms with E-state index in [2.05, 4.69) is 10.0 Å². The largest absolute Gasteiger partial charge is 0.467 e. The first-order valence-electron chi connectivity index (χ1n) is 6.83. The number of hydrogen-bond donors (Lipinski definition) is 2. The molecule has 6 nitrogen and oxygen atoms in total. The summed E-state index contributed by atoms with van der Waals surface area (Å²) in [7, 11) is -3.68. The van der Waals surface area contributed by atoms with E-state index >= 15 is 0 Å². The molecule has 0 fully saturated rings. The highest BCUT2D eigenvalue weighted by atomic mass is 32.2. The summed E-state index contributed by atoms with van der Waals surface area (Å²) in [5.74, 6) is 0.196. The van der Waals surface area contributed by atoms with Crippen LogP contribution >= 0.6 is 11.3 Å². The molecule has 22 heavy (non-hydrogen) atoms. The number of amides is 1. The lowest BCUT2D eigenvalue weighted by Crippen LogP contribution is -2.44. The second-order valence-electron chi connectivity index (χ2n) is 4.71. The van der Waals surface area contributed by atoms with E-state index in [0.717, 1.165) is 11.3 Å². The molecule has 0 unspecified atom stereocenters. The van der Waals surface area contributed by atoms with Crippen LogP contribution in [0.3, 0.4) is 0 Å². The summed E-state index contributed by atoms with van der Waals surface area (Å²) in [5.41, 5.74) is 0. The first-order chi connectivity index (χ1) is 10.4. The standard InChI is InChI=1S/C14H18N2O4S2/c1-3-12-6-7-13(21-12)22(18,19)16-10(2)14(17)15-9-11-5-4-8-20-11/h4-8,10,16H,3,9H2,1-2H3,(H,15,17)/t10-/m0/s1. The number of nitrogens with one attached hydrogen (secondary N) is 2. The smallest absolute Gasteiger partial charge is 0.250 e. The highest BCUT2D eigenvalue weighted by Gasteiger charge is 2.23. The molecule has 2 aromatic heterocycles. The van der Waals surface area contributed by atoms with Crippen molar-refractivity contribution in [2.45, 2.75) is 37.1 Å². The number of furan rings is 1. The van der Waals surface area contributed by atoms with Crippen molar-refractivity contribution in [3.63, 3.8) is 0 Å². The normalized spacial score (nSPS) is 13.0. The van der Waals surface area contributed by atoms with Crippen LogP contribution in [0.2, 0.25) is 0 Å². The minimum absolute atomic E-state index is 0.218. The fourth-order valence-electron chi connectivity index (χ4n) is 1.78. The number of carbonyl (C=O) groups excluding carboxylic acids is 1. The number of thiophene rings is 1. The van der Waals surface area contributed by atoms with Crippen LogP contribution < -0.4 is 10.0 Å². The Bertz CT molecular complexity index is 720. The molecule has 0 radical (unpaired) electrons. The van der Waals surface area contributed by atoms with E-state index in [9.17, 15) is 13.2 Å². The molecular weight excluding hydrogens is 324 g/mol. The number of hydrogen-bond acceptors (Lipinski definition) is 5. The van der Waals surface area contributed by atoms with Crippen molar-refractivity contribution < 1.29 is 17.6 Å². The van der Waals surface area contributed by atoms with Gasteiger partial charge in [0.05, 0.1) is 18.8 Å². The van der Waals surface area contributed by atoms with E-state index in [1.807, 2.05) is 6.92 Å². The van der Waals surface area contributed by atoms with Crippen LogP contribution in [0.15, 0.2) is 39.2 Å². The van der Waals surface area contributed by atoms with Gasteiger partial charge in [0.15, 0.2) is 0 Å². The van der Waals surface area contributed by atoms with Gasteiger partial charge in [0.1, 0.15) is 9.97 Å². The zero-order chi connectivity index (χ0) is 16.2. The van der Waals surface area contributed by atoms with Crippen molar-refractivity contribution in [2.75, 3.05) is 0 Å². The first kappa shape index (κ1) is 16.7. The third-order valence-electron chi connectivity index (χ3n) is 2.99. The maximum absolute atomic E-state index is 12.2. The third-order valence-corrected chi connectivity index (χ3v) is 6.25. The summed E-state index contributed by atoms with van der Waals surface area (Å²) in [5, 5.41) is 2.62. The van der Waals surface area contributed by atoms with Crippen molar-refractivity contribution >= 4 is 27.3 Å². The monoisotopic (exact) mass is 342 g/mol. The average Bonchev–Trinajstić information content (AvgIpc) is 3.15. The summed E-state index contributed by atoms with van der Waals surface area (Å²) in [4.78, 5) is 12.9. The van der Waals surface area contributed by atoms with E-state index in [-0.39, 0.29) is 10.8 Å². The summed E-state index contributed by atoms with van der Waals surface area (Å²) in [6.45, 7) is 3.68. The highest BCUT2D eigenvalue weighted by molar-refractivity contribution is 7.91. The van der Waals surface area contributed by atoms with Crippen LogP contribution in [0, 0.1) is 0 Å². The first-order valence-corrected chi connectivity index (χ1v) is 9.13. The van der Waals surface area contributed by atoms with Crippen molar-refractivity contribution in [3.05, 3.63) is 41.2 Å². The van der Waals surface area contributed by atoms with Gasteiger partial charge in [-0.15, -0.1) is 11.3 Å². The number of sulfonamides is 1. The molecule has 0 aliphatic heterocycles. The minimum Gasteiger partial charge on any atom is -0.467 e. The van der Waals surface area contributed by atoms with E-state index < -0.39 is 22.0 Å². The number of rotatable bonds is 7. The zero-order valence-electron chi connectivity index (χ0n) is 12.3. The average molecular weight is 342 g/mol. The number of carbonyl (C=O) groups is 1. The van der Waals surface area contributed by atoms with Crippen molar-refractivity contribution in [3.8, 4) is 0 Å². The molecular formula is C14H18N2O4S2. The summed E-state index contributed by atoms with van der Waals surface area (Å²) >= 11 is 1.21. The Kier molecular flexibility index (Phi) is 5.38. The second-order valence-corrected chi connectivity index (χ2v) is 7.82. The van der Waals surface area contributed by atoms with Crippen LogP contribution in [0.4, 0.5) is 0 Å². The van der Waals surface area contributed by atoms with Crippen molar-refractivity contribution in [1.82, 2.24) is 10.0 Å². The summed E-state index contributed by atoms with van der Waals surface area (Å²) in [6, 6.07) is 5.91. The van der Waals surface area contributed by atoms with Crippen LogP contribution in [-0.4, -0.2) is 20.4 Å². The molecule has 1 atom stereocenters. The molecule has 8 heteroatoms. The molecule has 1 amide bonds. The van der Waals surface area contributed by atoms with Gasteiger partial charge in [-0.2, -0.15) is 4.72 Å². The predicted octanol–water partition coefficient (Wildman–Crippen LogP) is 1.89. The Morgan fingerprint density at radius 1 is 1.36 bits per heavy atom. The molecule has 0 aliphatic carbocycles. The molecule has 0 aromatic carbocycles. The Labute approximate surface area is 133 Å². The molecule has 2 N–H and O–H groups in total. The lowest BCUT2D eigenvalue weighted by Gasteiger charge is -2.13. The van der Waals surface area contributed by atoms with Crippen LogP contribution in [0.25, 0.3) is 0 Å². The molecule has 2 heterocycles. The molecule has 2 aromatic rings. The van der Waals surface area contributed by atoms with Gasteiger partial charge in [0.25, 0.3) is 10.0 Å².